The van der Waals surface area contributed by atoms with E-state index in [9.17, 15) is 4.79 Å². The summed E-state index contributed by atoms with van der Waals surface area (Å²) in [7, 11) is 1.75. The minimum absolute atomic E-state index is 0.206. The van der Waals surface area contributed by atoms with Gasteiger partial charge in [0.05, 0.1) is 0 Å². The summed E-state index contributed by atoms with van der Waals surface area (Å²) in [5.74, 6) is 0.316. The van der Waals surface area contributed by atoms with E-state index in [2.05, 4.69) is 31.3 Å². The summed E-state index contributed by atoms with van der Waals surface area (Å²) in [6.07, 6.45) is 2.41. The molecule has 0 aliphatic carbocycles. The van der Waals surface area contributed by atoms with Crippen LogP contribution in [0, 0.1) is 0 Å². The second kappa shape index (κ2) is 4.65. The number of nitrogens with zero attached hydrogens (tertiary/aromatic N) is 4. The van der Waals surface area contributed by atoms with Gasteiger partial charge in [-0.05, 0) is 24.1 Å². The maximum atomic E-state index is 12.2. The van der Waals surface area contributed by atoms with Crippen molar-refractivity contribution in [2.75, 3.05) is 16.8 Å². The lowest BCUT2D eigenvalue weighted by Crippen LogP contribution is -2.33. The van der Waals surface area contributed by atoms with Crippen LogP contribution >= 0.6 is 15.9 Å². The number of carbonyl (C=O) groups excluding carboxylic acids is 1. The summed E-state index contributed by atoms with van der Waals surface area (Å²) < 4.78 is 2.51. The number of nitrogens with one attached hydrogen (secondary N) is 1. The molecule has 7 heteroatoms. The smallest absolute Gasteiger partial charge is 0.293 e. The van der Waals surface area contributed by atoms with E-state index in [4.69, 9.17) is 0 Å². The largest absolute Gasteiger partial charge is 0.328 e. The fourth-order valence-corrected chi connectivity index (χ4v) is 2.47. The lowest BCUT2D eigenvalue weighted by atomic mass is 10.2. The lowest BCUT2D eigenvalue weighted by Gasteiger charge is -2.16. The molecule has 3 rings (SSSR count). The summed E-state index contributed by atoms with van der Waals surface area (Å²) in [6.45, 7) is 0.671. The van der Waals surface area contributed by atoms with Gasteiger partial charge in [-0.2, -0.15) is 0 Å². The van der Waals surface area contributed by atoms with Gasteiger partial charge in [0.15, 0.2) is 0 Å². The van der Waals surface area contributed by atoms with Crippen LogP contribution in [0.15, 0.2) is 29.0 Å². The molecule has 2 aromatic rings. The van der Waals surface area contributed by atoms with Crippen LogP contribution in [0.1, 0.15) is 5.56 Å². The summed E-state index contributed by atoms with van der Waals surface area (Å²) in [6, 6.07) is 5.77. The number of urea groups is 1. The average molecular weight is 322 g/mol. The normalized spacial score (nSPS) is 13.5. The Kier molecular flexibility index (Phi) is 2.98. The average Bonchev–Trinajstić information content (AvgIpc) is 2.95. The zero-order valence-electron chi connectivity index (χ0n) is 10.3. The Hall–Kier alpha value is -1.89. The number of aromatic nitrogens is 3. The highest BCUT2D eigenvalue weighted by Gasteiger charge is 2.25. The second-order valence-corrected chi connectivity index (χ2v) is 5.26. The summed E-state index contributed by atoms with van der Waals surface area (Å²) >= 11 is 3.43. The molecule has 1 N–H and O–H groups in total. The zero-order chi connectivity index (χ0) is 13.4. The summed E-state index contributed by atoms with van der Waals surface area (Å²) in [5.41, 5.74) is 2.11. The molecule has 19 heavy (non-hydrogen) atoms. The first kappa shape index (κ1) is 12.2. The summed E-state index contributed by atoms with van der Waals surface area (Å²) in [4.78, 5) is 17.9. The van der Waals surface area contributed by atoms with E-state index in [1.807, 2.05) is 18.2 Å². The first-order chi connectivity index (χ1) is 9.13. The maximum absolute atomic E-state index is 12.2. The minimum Gasteiger partial charge on any atom is -0.293 e. The third-order valence-corrected chi connectivity index (χ3v) is 3.50. The Morgan fingerprint density at radius 1 is 1.47 bits per heavy atom. The van der Waals surface area contributed by atoms with Gasteiger partial charge in [0, 0.05) is 23.8 Å². The predicted molar refractivity (Wildman–Crippen MR) is 75.2 cm³/mol. The van der Waals surface area contributed by atoms with E-state index in [1.165, 1.54) is 5.56 Å². The Morgan fingerprint density at radius 2 is 2.32 bits per heavy atom. The number of anilines is 2. The van der Waals surface area contributed by atoms with Crippen molar-refractivity contribution in [3.05, 3.63) is 34.6 Å². The van der Waals surface area contributed by atoms with Crippen LogP contribution in [0.2, 0.25) is 0 Å². The molecule has 98 valence electrons. The zero-order valence-corrected chi connectivity index (χ0v) is 11.9. The first-order valence-corrected chi connectivity index (χ1v) is 6.65. The molecule has 0 bridgehead atoms. The van der Waals surface area contributed by atoms with Crippen LogP contribution in [0.25, 0.3) is 0 Å². The van der Waals surface area contributed by atoms with Gasteiger partial charge in [-0.25, -0.2) is 9.78 Å². The van der Waals surface area contributed by atoms with Gasteiger partial charge < -0.3 is 0 Å². The molecule has 0 saturated heterocycles. The van der Waals surface area contributed by atoms with Gasteiger partial charge in [0.1, 0.15) is 6.33 Å². The van der Waals surface area contributed by atoms with Gasteiger partial charge in [0.2, 0.25) is 5.95 Å². The minimum atomic E-state index is -0.206. The van der Waals surface area contributed by atoms with E-state index in [0.29, 0.717) is 12.5 Å². The van der Waals surface area contributed by atoms with Crippen molar-refractivity contribution in [3.8, 4) is 0 Å². The third kappa shape index (κ3) is 2.33. The second-order valence-electron chi connectivity index (χ2n) is 4.35. The van der Waals surface area contributed by atoms with Crippen LogP contribution in [0.4, 0.5) is 16.4 Å². The number of aryl methyl sites for hydroxylation is 1. The fraction of sp³-hybridized carbons (Fsp3) is 0.250. The van der Waals surface area contributed by atoms with Crippen molar-refractivity contribution < 1.29 is 4.79 Å². The molecule has 0 spiro atoms. The molecule has 2 amide bonds. The quantitative estimate of drug-likeness (QED) is 0.875. The molecular weight excluding hydrogens is 310 g/mol. The third-order valence-electron chi connectivity index (χ3n) is 3.01. The highest BCUT2D eigenvalue weighted by Crippen LogP contribution is 2.31. The van der Waals surface area contributed by atoms with Crippen molar-refractivity contribution >= 4 is 33.6 Å². The summed E-state index contributed by atoms with van der Waals surface area (Å²) in [5, 5.41) is 6.73. The maximum Gasteiger partial charge on any atom is 0.328 e. The number of carbonyl (C=O) groups is 1. The molecule has 1 aliphatic rings. The van der Waals surface area contributed by atoms with Crippen LogP contribution in [-0.4, -0.2) is 27.3 Å². The number of amides is 2. The van der Waals surface area contributed by atoms with Crippen molar-refractivity contribution in [3.63, 3.8) is 0 Å². The Labute approximate surface area is 118 Å². The lowest BCUT2D eigenvalue weighted by molar-refractivity contribution is 0.257. The Balaban J connectivity index is 1.81. The predicted octanol–water partition coefficient (Wildman–Crippen LogP) is 2.17. The standard InChI is InChI=1S/C12H12BrN5O/c1-17-7-14-11(16-17)15-12(19)18-5-4-8-2-3-9(13)6-10(8)18/h2-3,6-7H,4-5H2,1H3,(H,15,16,19). The molecule has 0 radical (unpaired) electrons. The fourth-order valence-electron chi connectivity index (χ4n) is 2.12. The van der Waals surface area contributed by atoms with Gasteiger partial charge in [0.25, 0.3) is 0 Å². The van der Waals surface area contributed by atoms with Crippen molar-refractivity contribution in [2.45, 2.75) is 6.42 Å². The van der Waals surface area contributed by atoms with E-state index >= 15 is 0 Å². The number of fused-ring (bicyclic) bond motifs is 1. The van der Waals surface area contributed by atoms with Gasteiger partial charge in [-0.1, -0.05) is 22.0 Å². The first-order valence-electron chi connectivity index (χ1n) is 5.86. The highest BCUT2D eigenvalue weighted by molar-refractivity contribution is 9.10. The van der Waals surface area contributed by atoms with Crippen LogP contribution in [0.3, 0.4) is 0 Å². The number of halogens is 1. The number of benzene rings is 1. The highest BCUT2D eigenvalue weighted by atomic mass is 79.9. The van der Waals surface area contributed by atoms with Gasteiger partial charge in [-0.3, -0.25) is 14.9 Å². The number of rotatable bonds is 1. The molecule has 1 aromatic heterocycles. The van der Waals surface area contributed by atoms with Crippen molar-refractivity contribution in [2.24, 2.45) is 7.05 Å². The molecule has 0 unspecified atom stereocenters. The molecule has 2 heterocycles. The van der Waals surface area contributed by atoms with E-state index in [-0.39, 0.29) is 6.03 Å². The van der Waals surface area contributed by atoms with E-state index < -0.39 is 0 Å². The molecule has 6 nitrogen and oxygen atoms in total. The van der Waals surface area contributed by atoms with Crippen LogP contribution in [-0.2, 0) is 13.5 Å². The van der Waals surface area contributed by atoms with Gasteiger partial charge >= 0.3 is 6.03 Å². The Bertz CT molecular complexity index is 639. The van der Waals surface area contributed by atoms with Crippen molar-refractivity contribution in [1.82, 2.24) is 14.8 Å². The van der Waals surface area contributed by atoms with Crippen LogP contribution < -0.4 is 10.2 Å². The molecule has 1 aliphatic heterocycles. The van der Waals surface area contributed by atoms with E-state index in [0.717, 1.165) is 16.6 Å². The van der Waals surface area contributed by atoms with E-state index in [1.54, 1.807) is 23.0 Å². The SMILES string of the molecule is Cn1cnc(NC(=O)N2CCc3ccc(Br)cc32)n1. The number of hydrogen-bond donors (Lipinski definition) is 1. The number of hydrogen-bond acceptors (Lipinski definition) is 3. The monoisotopic (exact) mass is 321 g/mol. The molecule has 1 aromatic carbocycles. The van der Waals surface area contributed by atoms with Crippen LogP contribution in [0.5, 0.6) is 0 Å². The topological polar surface area (TPSA) is 63.1 Å². The van der Waals surface area contributed by atoms with Gasteiger partial charge in [-0.15, -0.1) is 5.10 Å². The Morgan fingerprint density at radius 3 is 3.05 bits per heavy atom. The molecule has 0 saturated carbocycles. The molecular formula is C12H12BrN5O. The molecule has 0 atom stereocenters. The molecule has 0 fully saturated rings. The van der Waals surface area contributed by atoms with Crippen molar-refractivity contribution in [1.29, 1.82) is 0 Å².